The Morgan fingerprint density at radius 1 is 1.30 bits per heavy atom. The highest BCUT2D eigenvalue weighted by Gasteiger charge is 2.07. The van der Waals surface area contributed by atoms with Crippen LogP contribution in [0.15, 0.2) is 48.8 Å². The first-order valence-electron chi connectivity index (χ1n) is 6.36. The number of likely N-dealkylation sites (N-methyl/N-ethyl adjacent to an activating group) is 1. The number of hydrogen-bond acceptors (Lipinski definition) is 4. The summed E-state index contributed by atoms with van der Waals surface area (Å²) < 4.78 is 0. The standard InChI is InChI=1S/C15H18N4O/c1-19(10-12-3-2-8-17-9-12)11-15(20)18-14-6-4-13(16)5-7-14/h2-9H,10-11,16H2,1H3,(H,18,20). The third kappa shape index (κ3) is 4.37. The van der Waals surface area contributed by atoms with Crippen LogP contribution in [0.1, 0.15) is 5.56 Å². The van der Waals surface area contributed by atoms with Crippen molar-refractivity contribution in [2.45, 2.75) is 6.54 Å². The molecule has 0 fully saturated rings. The molecule has 0 saturated carbocycles. The fourth-order valence-electron chi connectivity index (χ4n) is 1.87. The Hall–Kier alpha value is -2.40. The van der Waals surface area contributed by atoms with E-state index in [1.165, 1.54) is 0 Å². The Balaban J connectivity index is 1.83. The van der Waals surface area contributed by atoms with E-state index in [1.807, 2.05) is 24.1 Å². The number of carbonyl (C=O) groups is 1. The number of nitrogens with zero attached hydrogens (tertiary/aromatic N) is 2. The second-order valence-corrected chi connectivity index (χ2v) is 4.70. The van der Waals surface area contributed by atoms with Gasteiger partial charge in [0.05, 0.1) is 6.54 Å². The Morgan fingerprint density at radius 2 is 2.05 bits per heavy atom. The second-order valence-electron chi connectivity index (χ2n) is 4.70. The fraction of sp³-hybridized carbons (Fsp3) is 0.200. The first-order valence-corrected chi connectivity index (χ1v) is 6.36. The van der Waals surface area contributed by atoms with Gasteiger partial charge in [0.15, 0.2) is 0 Å². The normalized spacial score (nSPS) is 10.5. The predicted molar refractivity (Wildman–Crippen MR) is 80.1 cm³/mol. The van der Waals surface area contributed by atoms with E-state index in [4.69, 9.17) is 5.73 Å². The van der Waals surface area contributed by atoms with Crippen molar-refractivity contribution in [2.75, 3.05) is 24.6 Å². The molecule has 0 spiro atoms. The van der Waals surface area contributed by atoms with Gasteiger partial charge in [0.25, 0.3) is 0 Å². The van der Waals surface area contributed by atoms with Crippen molar-refractivity contribution in [2.24, 2.45) is 0 Å². The molecule has 5 heteroatoms. The van der Waals surface area contributed by atoms with E-state index < -0.39 is 0 Å². The van der Waals surface area contributed by atoms with Crippen molar-refractivity contribution < 1.29 is 4.79 Å². The molecule has 104 valence electrons. The lowest BCUT2D eigenvalue weighted by atomic mass is 10.2. The molecule has 1 aromatic heterocycles. The highest BCUT2D eigenvalue weighted by molar-refractivity contribution is 5.92. The molecule has 0 aliphatic carbocycles. The molecule has 0 aliphatic heterocycles. The zero-order chi connectivity index (χ0) is 14.4. The lowest BCUT2D eigenvalue weighted by Crippen LogP contribution is -2.29. The summed E-state index contributed by atoms with van der Waals surface area (Å²) in [5.41, 5.74) is 8.10. The first kappa shape index (κ1) is 14.0. The monoisotopic (exact) mass is 270 g/mol. The van der Waals surface area contributed by atoms with Crippen molar-refractivity contribution >= 4 is 17.3 Å². The summed E-state index contributed by atoms with van der Waals surface area (Å²) in [6, 6.07) is 11.0. The maximum Gasteiger partial charge on any atom is 0.238 e. The van der Waals surface area contributed by atoms with Crippen molar-refractivity contribution in [3.8, 4) is 0 Å². The number of rotatable bonds is 5. The molecule has 1 amide bonds. The molecule has 3 N–H and O–H groups in total. The molecule has 5 nitrogen and oxygen atoms in total. The number of anilines is 2. The Morgan fingerprint density at radius 3 is 2.70 bits per heavy atom. The minimum absolute atomic E-state index is 0.0545. The number of aromatic nitrogens is 1. The number of amides is 1. The van der Waals surface area contributed by atoms with Gasteiger partial charge in [-0.2, -0.15) is 0 Å². The van der Waals surface area contributed by atoms with Crippen LogP contribution in [-0.4, -0.2) is 29.4 Å². The van der Waals surface area contributed by atoms with Crippen LogP contribution in [0.5, 0.6) is 0 Å². The molecule has 0 atom stereocenters. The Kier molecular flexibility index (Phi) is 4.68. The van der Waals surface area contributed by atoms with Crippen molar-refractivity contribution in [3.05, 3.63) is 54.4 Å². The van der Waals surface area contributed by atoms with Crippen LogP contribution >= 0.6 is 0 Å². The lowest BCUT2D eigenvalue weighted by molar-refractivity contribution is -0.117. The minimum Gasteiger partial charge on any atom is -0.399 e. The Labute approximate surface area is 118 Å². The zero-order valence-corrected chi connectivity index (χ0v) is 11.4. The molecule has 2 rings (SSSR count). The lowest BCUT2D eigenvalue weighted by Gasteiger charge is -2.16. The van der Waals surface area contributed by atoms with Gasteiger partial charge in [-0.05, 0) is 42.9 Å². The van der Waals surface area contributed by atoms with E-state index >= 15 is 0 Å². The van der Waals surface area contributed by atoms with Crippen LogP contribution in [0.4, 0.5) is 11.4 Å². The van der Waals surface area contributed by atoms with Crippen molar-refractivity contribution in [3.63, 3.8) is 0 Å². The molecule has 20 heavy (non-hydrogen) atoms. The summed E-state index contributed by atoms with van der Waals surface area (Å²) in [6.45, 7) is 1.00. The number of benzene rings is 1. The topological polar surface area (TPSA) is 71.2 Å². The highest BCUT2D eigenvalue weighted by atomic mass is 16.2. The molecular formula is C15H18N4O. The van der Waals surface area contributed by atoms with E-state index in [9.17, 15) is 4.79 Å². The number of nitrogens with two attached hydrogens (primary N) is 1. The molecule has 0 unspecified atom stereocenters. The van der Waals surface area contributed by atoms with Gasteiger partial charge in [-0.3, -0.25) is 14.7 Å². The summed E-state index contributed by atoms with van der Waals surface area (Å²) in [7, 11) is 1.90. The summed E-state index contributed by atoms with van der Waals surface area (Å²) in [4.78, 5) is 17.9. The summed E-state index contributed by atoms with van der Waals surface area (Å²) in [5.74, 6) is -0.0545. The summed E-state index contributed by atoms with van der Waals surface area (Å²) in [6.07, 6.45) is 3.53. The molecule has 0 aliphatic rings. The van der Waals surface area contributed by atoms with Crippen molar-refractivity contribution in [1.29, 1.82) is 0 Å². The fourth-order valence-corrected chi connectivity index (χ4v) is 1.87. The van der Waals surface area contributed by atoms with E-state index in [0.29, 0.717) is 18.8 Å². The third-order valence-electron chi connectivity index (χ3n) is 2.78. The van der Waals surface area contributed by atoms with Gasteiger partial charge >= 0.3 is 0 Å². The maximum absolute atomic E-state index is 11.9. The molecule has 2 aromatic rings. The van der Waals surface area contributed by atoms with E-state index in [2.05, 4.69) is 10.3 Å². The minimum atomic E-state index is -0.0545. The molecule has 0 bridgehead atoms. The largest absolute Gasteiger partial charge is 0.399 e. The maximum atomic E-state index is 11.9. The van der Waals surface area contributed by atoms with E-state index in [-0.39, 0.29) is 5.91 Å². The van der Waals surface area contributed by atoms with Crippen LogP contribution < -0.4 is 11.1 Å². The predicted octanol–water partition coefficient (Wildman–Crippen LogP) is 1.73. The number of pyridine rings is 1. The SMILES string of the molecule is CN(CC(=O)Nc1ccc(N)cc1)Cc1cccnc1. The van der Waals surface area contributed by atoms with Crippen LogP contribution in [0.25, 0.3) is 0 Å². The van der Waals surface area contributed by atoms with Gasteiger partial charge in [0.2, 0.25) is 5.91 Å². The summed E-state index contributed by atoms with van der Waals surface area (Å²) >= 11 is 0. The van der Waals surface area contributed by atoms with E-state index in [0.717, 1.165) is 11.3 Å². The molecule has 1 aromatic carbocycles. The number of carbonyl (C=O) groups excluding carboxylic acids is 1. The van der Waals surface area contributed by atoms with Gasteiger partial charge in [0, 0.05) is 30.3 Å². The average molecular weight is 270 g/mol. The number of hydrogen-bond donors (Lipinski definition) is 2. The van der Waals surface area contributed by atoms with Gasteiger partial charge in [0.1, 0.15) is 0 Å². The molecule has 0 saturated heterocycles. The third-order valence-corrected chi connectivity index (χ3v) is 2.78. The van der Waals surface area contributed by atoms with E-state index in [1.54, 1.807) is 36.7 Å². The zero-order valence-electron chi connectivity index (χ0n) is 11.4. The quantitative estimate of drug-likeness (QED) is 0.812. The highest BCUT2D eigenvalue weighted by Crippen LogP contribution is 2.10. The van der Waals surface area contributed by atoms with Gasteiger partial charge in [-0.15, -0.1) is 0 Å². The Bertz CT molecular complexity index is 554. The molecule has 1 heterocycles. The molecular weight excluding hydrogens is 252 g/mol. The average Bonchev–Trinajstić information content (AvgIpc) is 2.42. The van der Waals surface area contributed by atoms with Crippen LogP contribution in [0.2, 0.25) is 0 Å². The van der Waals surface area contributed by atoms with Crippen LogP contribution in [0.3, 0.4) is 0 Å². The van der Waals surface area contributed by atoms with Crippen LogP contribution in [-0.2, 0) is 11.3 Å². The number of nitrogen functional groups attached to an aromatic ring is 1. The first-order chi connectivity index (χ1) is 9.63. The van der Waals surface area contributed by atoms with Crippen LogP contribution in [0, 0.1) is 0 Å². The second kappa shape index (κ2) is 6.68. The number of nitrogens with one attached hydrogen (secondary N) is 1. The van der Waals surface area contributed by atoms with Crippen molar-refractivity contribution in [1.82, 2.24) is 9.88 Å². The summed E-state index contributed by atoms with van der Waals surface area (Å²) in [5, 5.41) is 2.83. The van der Waals surface area contributed by atoms with Gasteiger partial charge in [-0.25, -0.2) is 0 Å². The smallest absolute Gasteiger partial charge is 0.238 e. The van der Waals surface area contributed by atoms with Gasteiger partial charge in [-0.1, -0.05) is 6.07 Å². The van der Waals surface area contributed by atoms with Gasteiger partial charge < -0.3 is 11.1 Å². The molecule has 0 radical (unpaired) electrons.